The molecule has 114 valence electrons. The quantitative estimate of drug-likeness (QED) is 0.675. The lowest BCUT2D eigenvalue weighted by atomic mass is 10.1. The molecule has 0 spiro atoms. The van der Waals surface area contributed by atoms with Gasteiger partial charge in [0.15, 0.2) is 0 Å². The van der Waals surface area contributed by atoms with E-state index in [0.29, 0.717) is 0 Å². The van der Waals surface area contributed by atoms with Gasteiger partial charge in [-0.05, 0) is 11.6 Å². The van der Waals surface area contributed by atoms with Gasteiger partial charge in [-0.3, -0.25) is 14.9 Å². The molecule has 8 heteroatoms. The van der Waals surface area contributed by atoms with Crippen molar-refractivity contribution in [1.82, 2.24) is 4.98 Å². The van der Waals surface area contributed by atoms with Gasteiger partial charge in [-0.2, -0.15) is 4.98 Å². The molecule has 7 nitrogen and oxygen atoms in total. The van der Waals surface area contributed by atoms with Gasteiger partial charge in [0.05, 0.1) is 18.5 Å². The maximum Gasteiger partial charge on any atom is 0.312 e. The minimum absolute atomic E-state index is 0.117. The van der Waals surface area contributed by atoms with Gasteiger partial charge < -0.3 is 10.1 Å². The number of anilines is 1. The number of rotatable bonds is 5. The molecule has 0 saturated carbocycles. The fourth-order valence-corrected chi connectivity index (χ4v) is 1.78. The molecule has 0 unspecified atom stereocenters. The first-order chi connectivity index (χ1) is 10.5. The largest absolute Gasteiger partial charge is 0.481 e. The second-order valence-electron chi connectivity index (χ2n) is 4.29. The van der Waals surface area contributed by atoms with E-state index in [1.807, 2.05) is 0 Å². The number of methoxy groups -OCH3 is 1. The molecule has 0 fully saturated rings. The van der Waals surface area contributed by atoms with Crippen molar-refractivity contribution >= 4 is 17.4 Å². The third-order valence-corrected chi connectivity index (χ3v) is 2.82. The number of benzene rings is 1. The number of nitrogens with zero attached hydrogens (tertiary/aromatic N) is 2. The van der Waals surface area contributed by atoms with Crippen LogP contribution in [0.2, 0.25) is 0 Å². The van der Waals surface area contributed by atoms with Crippen molar-refractivity contribution in [3.05, 3.63) is 57.9 Å². The zero-order valence-electron chi connectivity index (χ0n) is 11.6. The van der Waals surface area contributed by atoms with Crippen molar-refractivity contribution in [2.75, 3.05) is 12.4 Å². The van der Waals surface area contributed by atoms with Crippen molar-refractivity contribution < 1.29 is 18.8 Å². The Hall–Kier alpha value is -3.03. The SMILES string of the molecule is COc1ccc([N+](=O)[O-])c(NC(=O)Cc2ccccc2F)n1. The zero-order chi connectivity index (χ0) is 16.1. The highest BCUT2D eigenvalue weighted by atomic mass is 19.1. The molecule has 1 aromatic heterocycles. The third kappa shape index (κ3) is 3.54. The summed E-state index contributed by atoms with van der Waals surface area (Å²) in [7, 11) is 1.35. The van der Waals surface area contributed by atoms with Crippen LogP contribution in [-0.4, -0.2) is 22.9 Å². The van der Waals surface area contributed by atoms with E-state index in [0.717, 1.165) is 0 Å². The number of aromatic nitrogens is 1. The van der Waals surface area contributed by atoms with E-state index in [4.69, 9.17) is 4.74 Å². The van der Waals surface area contributed by atoms with Crippen LogP contribution >= 0.6 is 0 Å². The van der Waals surface area contributed by atoms with Gasteiger partial charge >= 0.3 is 5.69 Å². The number of carbonyl (C=O) groups excluding carboxylic acids is 1. The van der Waals surface area contributed by atoms with Gasteiger partial charge in [0.25, 0.3) is 0 Å². The second-order valence-corrected chi connectivity index (χ2v) is 4.29. The summed E-state index contributed by atoms with van der Waals surface area (Å²) < 4.78 is 18.4. The molecule has 0 saturated heterocycles. The lowest BCUT2D eigenvalue weighted by Gasteiger charge is -2.07. The molecule has 2 rings (SSSR count). The third-order valence-electron chi connectivity index (χ3n) is 2.82. The topological polar surface area (TPSA) is 94.4 Å². The summed E-state index contributed by atoms with van der Waals surface area (Å²) in [5.41, 5.74) is -0.187. The molecule has 0 aliphatic rings. The molecule has 1 N–H and O–H groups in total. The van der Waals surface area contributed by atoms with Gasteiger partial charge in [-0.25, -0.2) is 4.39 Å². The summed E-state index contributed by atoms with van der Waals surface area (Å²) in [6.07, 6.45) is -0.261. The van der Waals surface area contributed by atoms with Crippen LogP contribution < -0.4 is 10.1 Å². The molecule has 22 heavy (non-hydrogen) atoms. The first-order valence-corrected chi connectivity index (χ1v) is 6.24. The normalized spacial score (nSPS) is 10.1. The van der Waals surface area contributed by atoms with Gasteiger partial charge in [0.2, 0.25) is 17.6 Å². The molecular weight excluding hydrogens is 293 g/mol. The molecule has 1 amide bonds. The Morgan fingerprint density at radius 1 is 1.36 bits per heavy atom. The maximum absolute atomic E-state index is 13.5. The average molecular weight is 305 g/mol. The van der Waals surface area contributed by atoms with Crippen LogP contribution in [0.4, 0.5) is 15.9 Å². The monoisotopic (exact) mass is 305 g/mol. The molecule has 1 aromatic carbocycles. The van der Waals surface area contributed by atoms with E-state index in [-0.39, 0.29) is 29.4 Å². The Kier molecular flexibility index (Phi) is 4.62. The number of hydrogen-bond acceptors (Lipinski definition) is 5. The van der Waals surface area contributed by atoms with Crippen LogP contribution in [0.3, 0.4) is 0 Å². The van der Waals surface area contributed by atoms with E-state index in [9.17, 15) is 19.3 Å². The van der Waals surface area contributed by atoms with Crippen molar-refractivity contribution in [2.45, 2.75) is 6.42 Å². The van der Waals surface area contributed by atoms with E-state index in [1.54, 1.807) is 6.07 Å². The predicted octanol–water partition coefficient (Wildman–Crippen LogP) is 2.32. The summed E-state index contributed by atoms with van der Waals surface area (Å²) in [4.78, 5) is 26.0. The van der Waals surface area contributed by atoms with Crippen molar-refractivity contribution in [1.29, 1.82) is 0 Å². The average Bonchev–Trinajstić information content (AvgIpc) is 2.49. The smallest absolute Gasteiger partial charge is 0.312 e. The number of nitro groups is 1. The van der Waals surface area contributed by atoms with Crippen molar-refractivity contribution in [3.8, 4) is 5.88 Å². The van der Waals surface area contributed by atoms with E-state index in [1.165, 1.54) is 37.4 Å². The number of halogens is 1. The summed E-state index contributed by atoms with van der Waals surface area (Å²) in [5.74, 6) is -1.27. The highest BCUT2D eigenvalue weighted by Crippen LogP contribution is 2.25. The number of carbonyl (C=O) groups is 1. The van der Waals surface area contributed by atoms with Crippen LogP contribution in [0.5, 0.6) is 5.88 Å². The highest BCUT2D eigenvalue weighted by Gasteiger charge is 2.19. The summed E-state index contributed by atoms with van der Waals surface area (Å²) >= 11 is 0. The molecule has 2 aromatic rings. The van der Waals surface area contributed by atoms with Crippen LogP contribution in [0.1, 0.15) is 5.56 Å². The fraction of sp³-hybridized carbons (Fsp3) is 0.143. The van der Waals surface area contributed by atoms with E-state index >= 15 is 0 Å². The lowest BCUT2D eigenvalue weighted by Crippen LogP contribution is -2.17. The Labute approximate surface area is 124 Å². The van der Waals surface area contributed by atoms with Crippen LogP contribution in [0.15, 0.2) is 36.4 Å². The number of hydrogen-bond donors (Lipinski definition) is 1. The Bertz CT molecular complexity index is 721. The number of ether oxygens (including phenoxy) is 1. The Morgan fingerprint density at radius 2 is 2.09 bits per heavy atom. The minimum atomic E-state index is -0.675. The van der Waals surface area contributed by atoms with E-state index < -0.39 is 16.6 Å². The molecule has 1 heterocycles. The first-order valence-electron chi connectivity index (χ1n) is 6.24. The van der Waals surface area contributed by atoms with Crippen LogP contribution in [0.25, 0.3) is 0 Å². The van der Waals surface area contributed by atoms with Crippen LogP contribution in [0, 0.1) is 15.9 Å². The minimum Gasteiger partial charge on any atom is -0.481 e. The Morgan fingerprint density at radius 3 is 2.73 bits per heavy atom. The molecule has 0 aliphatic heterocycles. The van der Waals surface area contributed by atoms with Crippen molar-refractivity contribution in [2.24, 2.45) is 0 Å². The summed E-state index contributed by atoms with van der Waals surface area (Å²) in [6, 6.07) is 8.27. The maximum atomic E-state index is 13.5. The van der Waals surface area contributed by atoms with Crippen LogP contribution in [-0.2, 0) is 11.2 Å². The number of amides is 1. The predicted molar refractivity (Wildman–Crippen MR) is 76.2 cm³/mol. The molecule has 0 radical (unpaired) electrons. The molecular formula is C14H12FN3O4. The van der Waals surface area contributed by atoms with E-state index in [2.05, 4.69) is 10.3 Å². The van der Waals surface area contributed by atoms with Crippen molar-refractivity contribution in [3.63, 3.8) is 0 Å². The van der Waals surface area contributed by atoms with Gasteiger partial charge in [-0.15, -0.1) is 0 Å². The number of nitrogens with one attached hydrogen (secondary N) is 1. The highest BCUT2D eigenvalue weighted by molar-refractivity contribution is 5.93. The van der Waals surface area contributed by atoms with Gasteiger partial charge in [0.1, 0.15) is 5.82 Å². The molecule has 0 bridgehead atoms. The summed E-state index contributed by atoms with van der Waals surface area (Å²) in [6.45, 7) is 0. The fourth-order valence-electron chi connectivity index (χ4n) is 1.78. The molecule has 0 atom stereocenters. The molecule has 0 aliphatic carbocycles. The first kappa shape index (κ1) is 15.4. The zero-order valence-corrected chi connectivity index (χ0v) is 11.6. The second kappa shape index (κ2) is 6.61. The standard InChI is InChI=1S/C14H12FN3O4/c1-22-13-7-6-11(18(20)21)14(17-13)16-12(19)8-9-4-2-3-5-10(9)15/h2-7H,8H2,1H3,(H,16,17,19). The van der Waals surface area contributed by atoms with Gasteiger partial charge in [-0.1, -0.05) is 18.2 Å². The Balaban J connectivity index is 2.20. The van der Waals surface area contributed by atoms with Gasteiger partial charge in [0, 0.05) is 12.1 Å². The lowest BCUT2D eigenvalue weighted by molar-refractivity contribution is -0.384. The number of pyridine rings is 1. The summed E-state index contributed by atoms with van der Waals surface area (Å²) in [5, 5.41) is 13.2.